The van der Waals surface area contributed by atoms with E-state index < -0.39 is 35.7 Å². The molecule has 43 heavy (non-hydrogen) atoms. The second-order valence-corrected chi connectivity index (χ2v) is 11.2. The van der Waals surface area contributed by atoms with Gasteiger partial charge in [0.2, 0.25) is 5.96 Å². The number of rotatable bonds is 9. The minimum atomic E-state index is -4.66. The highest BCUT2D eigenvalue weighted by Gasteiger charge is 2.46. The fraction of sp³-hybridized carbons (Fsp3) is 0.419. The molecule has 3 aliphatic rings. The van der Waals surface area contributed by atoms with E-state index in [2.05, 4.69) is 6.58 Å². The van der Waals surface area contributed by atoms with Gasteiger partial charge in [-0.2, -0.15) is 18.4 Å². The molecule has 1 atom stereocenters. The Bertz CT molecular complexity index is 1450. The largest absolute Gasteiger partial charge is 0.466 e. The van der Waals surface area contributed by atoms with Crippen molar-refractivity contribution in [2.45, 2.75) is 44.8 Å². The lowest BCUT2D eigenvalue weighted by Gasteiger charge is -2.43. The lowest BCUT2D eigenvalue weighted by Crippen LogP contribution is -2.59. The first kappa shape index (κ1) is 31.6. The van der Waals surface area contributed by atoms with Gasteiger partial charge in [0, 0.05) is 36.6 Å². The van der Waals surface area contributed by atoms with Gasteiger partial charge in [-0.3, -0.25) is 15.2 Å². The van der Waals surface area contributed by atoms with Gasteiger partial charge in [0.1, 0.15) is 0 Å². The SMILES string of the molecule is C=C/C(C#N)=C\C=C(/CCC[N+]12CCC(CC1)C2)[C@@H]1C(C(=O)OC)=C(C)N(c2cccc(C(F)(F)F)c2)C(=N)N1C(N)=O. The highest BCUT2D eigenvalue weighted by atomic mass is 19.4. The highest BCUT2D eigenvalue weighted by Crippen LogP contribution is 2.39. The third kappa shape index (κ3) is 6.37. The summed E-state index contributed by atoms with van der Waals surface area (Å²) in [5.74, 6) is -0.614. The number of nitrogens with one attached hydrogen (secondary N) is 1. The Balaban J connectivity index is 1.84. The number of carbonyl (C=O) groups is 2. The van der Waals surface area contributed by atoms with Crippen molar-refractivity contribution in [1.29, 1.82) is 10.7 Å². The predicted molar refractivity (Wildman–Crippen MR) is 155 cm³/mol. The summed E-state index contributed by atoms with van der Waals surface area (Å²) in [6.45, 7) is 9.36. The Hall–Kier alpha value is -4.37. The Morgan fingerprint density at radius 1 is 1.28 bits per heavy atom. The van der Waals surface area contributed by atoms with Crippen LogP contribution < -0.4 is 10.6 Å². The van der Waals surface area contributed by atoms with Gasteiger partial charge < -0.3 is 15.0 Å². The number of allylic oxidation sites excluding steroid dienone is 5. The average Bonchev–Trinajstić information content (AvgIpc) is 3.57. The van der Waals surface area contributed by atoms with E-state index in [1.807, 2.05) is 6.07 Å². The number of esters is 1. The summed E-state index contributed by atoms with van der Waals surface area (Å²) in [7, 11) is 1.16. The normalized spacial score (nSPS) is 24.3. The zero-order valence-electron chi connectivity index (χ0n) is 24.3. The monoisotopic (exact) mass is 597 g/mol. The van der Waals surface area contributed by atoms with Crippen molar-refractivity contribution in [3.05, 3.63) is 77.1 Å². The molecule has 2 amide bonds. The smallest absolute Gasteiger partial charge is 0.416 e. The number of hydrogen-bond donors (Lipinski definition) is 2. The van der Waals surface area contributed by atoms with Crippen LogP contribution in [0.2, 0.25) is 0 Å². The topological polar surface area (TPSA) is 124 Å². The molecule has 9 nitrogen and oxygen atoms in total. The van der Waals surface area contributed by atoms with Gasteiger partial charge in [-0.1, -0.05) is 24.8 Å². The van der Waals surface area contributed by atoms with Crippen molar-refractivity contribution in [3.63, 3.8) is 0 Å². The molecular formula is C31H36F3N6O3+. The molecule has 228 valence electrons. The number of anilines is 1. The average molecular weight is 598 g/mol. The molecule has 0 radical (unpaired) electrons. The maximum atomic E-state index is 13.6. The Morgan fingerprint density at radius 3 is 2.51 bits per heavy atom. The fourth-order valence-electron chi connectivity index (χ4n) is 6.60. The maximum Gasteiger partial charge on any atom is 0.416 e. The molecule has 4 rings (SSSR count). The van der Waals surface area contributed by atoms with Crippen molar-refractivity contribution >= 4 is 23.6 Å². The van der Waals surface area contributed by atoms with Crippen LogP contribution in [0.3, 0.4) is 0 Å². The van der Waals surface area contributed by atoms with Crippen molar-refractivity contribution in [1.82, 2.24) is 4.90 Å². The first-order valence-corrected chi connectivity index (χ1v) is 14.1. The lowest BCUT2D eigenvalue weighted by molar-refractivity contribution is -0.909. The molecule has 0 saturated carbocycles. The molecule has 3 heterocycles. The van der Waals surface area contributed by atoms with Crippen LogP contribution in [0.15, 0.2) is 71.5 Å². The molecule has 2 bridgehead atoms. The Labute approximate surface area is 249 Å². The van der Waals surface area contributed by atoms with E-state index in [9.17, 15) is 28.0 Å². The van der Waals surface area contributed by atoms with Crippen LogP contribution in [0, 0.1) is 22.7 Å². The number of nitriles is 1. The molecule has 0 aliphatic carbocycles. The first-order valence-electron chi connectivity index (χ1n) is 14.1. The van der Waals surface area contributed by atoms with Gasteiger partial charge in [0.05, 0.1) is 62.1 Å². The van der Waals surface area contributed by atoms with Crippen LogP contribution >= 0.6 is 0 Å². The summed E-state index contributed by atoms with van der Waals surface area (Å²) in [6.07, 6.45) is 3.35. The third-order valence-electron chi connectivity index (χ3n) is 8.72. The Kier molecular flexibility index (Phi) is 9.15. The molecule has 1 aromatic rings. The highest BCUT2D eigenvalue weighted by molar-refractivity contribution is 6.10. The number of methoxy groups -OCH3 is 1. The number of carbonyl (C=O) groups excluding carboxylic acids is 2. The number of quaternary nitrogens is 1. The number of hydrogen-bond acceptors (Lipinski definition) is 5. The number of alkyl halides is 3. The van der Waals surface area contributed by atoms with Gasteiger partial charge in [-0.15, -0.1) is 0 Å². The number of nitrogens with zero attached hydrogens (tertiary/aromatic N) is 4. The van der Waals surface area contributed by atoms with Gasteiger partial charge in [-0.05, 0) is 43.2 Å². The van der Waals surface area contributed by atoms with E-state index in [0.29, 0.717) is 18.4 Å². The van der Waals surface area contributed by atoms with Gasteiger partial charge in [0.25, 0.3) is 0 Å². The van der Waals surface area contributed by atoms with Crippen molar-refractivity contribution in [3.8, 4) is 6.07 Å². The van der Waals surface area contributed by atoms with E-state index >= 15 is 0 Å². The number of halogens is 3. The molecular weight excluding hydrogens is 561 g/mol. The number of nitrogens with two attached hydrogens (primary N) is 1. The molecule has 2 saturated heterocycles. The minimum Gasteiger partial charge on any atom is -0.466 e. The number of piperidine rings is 1. The zero-order chi connectivity index (χ0) is 31.5. The molecule has 12 heteroatoms. The van der Waals surface area contributed by atoms with Crippen LogP contribution in [0.1, 0.15) is 38.2 Å². The second kappa shape index (κ2) is 12.5. The van der Waals surface area contributed by atoms with E-state index in [-0.39, 0.29) is 22.5 Å². The van der Waals surface area contributed by atoms with Gasteiger partial charge in [0.15, 0.2) is 0 Å². The summed E-state index contributed by atoms with van der Waals surface area (Å²) < 4.78 is 46.8. The number of amides is 2. The van der Waals surface area contributed by atoms with Crippen LogP contribution in [-0.2, 0) is 15.7 Å². The molecule has 0 unspecified atom stereocenters. The van der Waals surface area contributed by atoms with Crippen molar-refractivity contribution in [2.75, 3.05) is 38.2 Å². The number of ether oxygens (including phenoxy) is 1. The first-order chi connectivity index (χ1) is 20.4. The molecule has 0 spiro atoms. The summed E-state index contributed by atoms with van der Waals surface area (Å²) >= 11 is 0. The van der Waals surface area contributed by atoms with E-state index in [0.717, 1.165) is 65.6 Å². The lowest BCUT2D eigenvalue weighted by atomic mass is 9.89. The molecule has 2 fully saturated rings. The molecule has 1 aromatic carbocycles. The molecule has 3 N–H and O–H groups in total. The summed E-state index contributed by atoms with van der Waals surface area (Å²) in [5.41, 5.74) is 5.59. The number of guanidine groups is 1. The number of fused-ring (bicyclic) bond motifs is 2. The predicted octanol–water partition coefficient (Wildman–Crippen LogP) is 5.24. The summed E-state index contributed by atoms with van der Waals surface area (Å²) in [6, 6.07) is 4.00. The molecule has 3 aliphatic heterocycles. The maximum absolute atomic E-state index is 13.6. The zero-order valence-corrected chi connectivity index (χ0v) is 24.3. The fourth-order valence-corrected chi connectivity index (χ4v) is 6.60. The quantitative estimate of drug-likeness (QED) is 0.174. The van der Waals surface area contributed by atoms with E-state index in [1.54, 1.807) is 6.08 Å². The van der Waals surface area contributed by atoms with Crippen LogP contribution in [-0.4, -0.2) is 66.7 Å². The van der Waals surface area contributed by atoms with E-state index in [1.165, 1.54) is 44.1 Å². The summed E-state index contributed by atoms with van der Waals surface area (Å²) in [4.78, 5) is 28.3. The van der Waals surface area contributed by atoms with E-state index in [4.69, 9.17) is 15.9 Å². The minimum absolute atomic E-state index is 0.0547. The molecule has 0 aromatic heterocycles. The van der Waals surface area contributed by atoms with Crippen molar-refractivity contribution < 1.29 is 32.0 Å². The van der Waals surface area contributed by atoms with Crippen molar-refractivity contribution in [2.24, 2.45) is 11.7 Å². The van der Waals surface area contributed by atoms with Crippen LogP contribution in [0.5, 0.6) is 0 Å². The Morgan fingerprint density at radius 2 is 1.98 bits per heavy atom. The third-order valence-corrected chi connectivity index (χ3v) is 8.72. The van der Waals surface area contributed by atoms with Crippen LogP contribution in [0.4, 0.5) is 23.7 Å². The standard InChI is InChI=1S/C31H35F3N6O3/c1-4-21(18-35)10-11-23(7-6-14-40-15-12-22(19-40)13-16-40)27-26(28(41)43-3)20(2)38(29(36)39(27)30(37)42)25-9-5-8-24(17-25)31(32,33)34/h4-5,8-11,17,22,27,36H,1,6-7,12-16,19H2,2-3H3,(H-,37,42)/p+1/b21-10+,23-11+,36-29?/t22?,27-,40?/m1/s1. The summed E-state index contributed by atoms with van der Waals surface area (Å²) in [5, 5.41) is 18.4. The second-order valence-electron chi connectivity index (χ2n) is 11.2. The number of urea groups is 1. The van der Waals surface area contributed by atoms with Gasteiger partial charge in [-0.25, -0.2) is 9.59 Å². The van der Waals surface area contributed by atoms with Crippen LogP contribution in [0.25, 0.3) is 0 Å². The number of primary amides is 1. The number of benzene rings is 1. The van der Waals surface area contributed by atoms with Gasteiger partial charge >= 0.3 is 18.2 Å².